The van der Waals surface area contributed by atoms with Crippen molar-refractivity contribution in [3.05, 3.63) is 65.2 Å². The minimum absolute atomic E-state index is 0.132. The maximum atomic E-state index is 13.1. The van der Waals surface area contributed by atoms with Gasteiger partial charge < -0.3 is 15.1 Å². The van der Waals surface area contributed by atoms with Crippen molar-refractivity contribution in [3.63, 3.8) is 0 Å². The van der Waals surface area contributed by atoms with E-state index in [4.69, 9.17) is 0 Å². The van der Waals surface area contributed by atoms with Crippen LogP contribution in [-0.4, -0.2) is 64.2 Å². The van der Waals surface area contributed by atoms with Gasteiger partial charge in [-0.3, -0.25) is 14.0 Å². The number of anilines is 1. The Labute approximate surface area is 169 Å². The second-order valence-corrected chi connectivity index (χ2v) is 7.56. The highest BCUT2D eigenvalue weighted by molar-refractivity contribution is 6.06. The number of piperazine rings is 1. The van der Waals surface area contributed by atoms with Crippen LogP contribution in [0.2, 0.25) is 0 Å². The van der Waals surface area contributed by atoms with E-state index in [1.807, 2.05) is 62.2 Å². The van der Waals surface area contributed by atoms with Gasteiger partial charge in [0.15, 0.2) is 5.69 Å². The zero-order chi connectivity index (χ0) is 20.5. The number of nitrogens with one attached hydrogen (secondary N) is 1. The number of fused-ring (bicyclic) bond motifs is 1. The topological polar surface area (TPSA) is 70.0 Å². The summed E-state index contributed by atoms with van der Waals surface area (Å²) < 4.78 is 1.69. The molecule has 7 nitrogen and oxygen atoms in total. The maximum absolute atomic E-state index is 13.1. The molecule has 0 saturated carbocycles. The van der Waals surface area contributed by atoms with Crippen LogP contribution in [0.3, 0.4) is 0 Å². The molecule has 150 valence electrons. The first-order valence-corrected chi connectivity index (χ1v) is 9.78. The number of pyridine rings is 1. The van der Waals surface area contributed by atoms with Crippen LogP contribution in [0.1, 0.15) is 32.2 Å². The van der Waals surface area contributed by atoms with Crippen molar-refractivity contribution in [1.82, 2.24) is 19.2 Å². The molecule has 4 rings (SSSR count). The summed E-state index contributed by atoms with van der Waals surface area (Å²) in [4.78, 5) is 34.7. The highest BCUT2D eigenvalue weighted by Crippen LogP contribution is 2.22. The van der Waals surface area contributed by atoms with E-state index < -0.39 is 0 Å². The third-order valence-corrected chi connectivity index (χ3v) is 5.46. The van der Waals surface area contributed by atoms with Gasteiger partial charge in [0, 0.05) is 38.1 Å². The number of amides is 2. The molecule has 1 saturated heterocycles. The van der Waals surface area contributed by atoms with Crippen LogP contribution >= 0.6 is 0 Å². The molecule has 2 amide bonds. The van der Waals surface area contributed by atoms with Crippen LogP contribution in [0.4, 0.5) is 5.69 Å². The summed E-state index contributed by atoms with van der Waals surface area (Å²) in [6.45, 7) is 6.88. The molecule has 0 radical (unpaired) electrons. The van der Waals surface area contributed by atoms with Crippen molar-refractivity contribution >= 4 is 23.0 Å². The highest BCUT2D eigenvalue weighted by Gasteiger charge is 2.27. The number of carbonyl (C=O) groups excluding carboxylic acids is 2. The minimum atomic E-state index is -0.332. The van der Waals surface area contributed by atoms with Crippen molar-refractivity contribution in [2.24, 2.45) is 0 Å². The molecular formula is C22H25N5O2. The number of benzene rings is 1. The second kappa shape index (κ2) is 7.67. The van der Waals surface area contributed by atoms with E-state index >= 15 is 0 Å². The van der Waals surface area contributed by atoms with Crippen molar-refractivity contribution in [3.8, 4) is 0 Å². The molecule has 0 spiro atoms. The predicted molar refractivity (Wildman–Crippen MR) is 112 cm³/mol. The van der Waals surface area contributed by atoms with Gasteiger partial charge in [0.05, 0.1) is 5.52 Å². The molecule has 3 heterocycles. The number of rotatable bonds is 3. The Balaban J connectivity index is 1.69. The third kappa shape index (κ3) is 3.61. The monoisotopic (exact) mass is 391 g/mol. The molecule has 0 aliphatic carbocycles. The van der Waals surface area contributed by atoms with Crippen LogP contribution in [0.25, 0.3) is 5.52 Å². The van der Waals surface area contributed by atoms with Gasteiger partial charge in [-0.05, 0) is 44.2 Å². The van der Waals surface area contributed by atoms with Gasteiger partial charge in [-0.1, -0.05) is 24.3 Å². The minimum Gasteiger partial charge on any atom is -0.335 e. The van der Waals surface area contributed by atoms with Crippen molar-refractivity contribution < 1.29 is 9.59 Å². The molecule has 1 aliphatic rings. The number of para-hydroxylation sites is 1. The van der Waals surface area contributed by atoms with Gasteiger partial charge in [0.25, 0.3) is 11.8 Å². The molecule has 0 unspecified atom stereocenters. The predicted octanol–water partition coefficient (Wildman–Crippen LogP) is 2.59. The van der Waals surface area contributed by atoms with Crippen LogP contribution in [0.5, 0.6) is 0 Å². The Morgan fingerprint density at radius 3 is 2.34 bits per heavy atom. The fourth-order valence-corrected chi connectivity index (χ4v) is 3.70. The van der Waals surface area contributed by atoms with E-state index in [9.17, 15) is 9.59 Å². The van der Waals surface area contributed by atoms with Gasteiger partial charge in [-0.15, -0.1) is 0 Å². The van der Waals surface area contributed by atoms with Gasteiger partial charge in [-0.2, -0.15) is 0 Å². The van der Waals surface area contributed by atoms with Gasteiger partial charge >= 0.3 is 0 Å². The maximum Gasteiger partial charge on any atom is 0.292 e. The molecule has 1 aromatic carbocycles. The largest absolute Gasteiger partial charge is 0.335 e. The lowest BCUT2D eigenvalue weighted by atomic mass is 10.1. The SMILES string of the molecule is Cc1cccc(C)c1NC(=O)c1nc(C(=O)N2CCN(C)CC2)c2ccccn12. The number of aryl methyl sites for hydroxylation is 2. The van der Waals surface area contributed by atoms with E-state index in [0.717, 1.165) is 29.9 Å². The van der Waals surface area contributed by atoms with E-state index in [1.165, 1.54) is 0 Å². The average Bonchev–Trinajstić information content (AvgIpc) is 3.11. The lowest BCUT2D eigenvalue weighted by Gasteiger charge is -2.32. The van der Waals surface area contributed by atoms with Gasteiger partial charge in [0.2, 0.25) is 5.82 Å². The first-order chi connectivity index (χ1) is 14.0. The molecular weight excluding hydrogens is 366 g/mol. The number of imidazole rings is 1. The summed E-state index contributed by atoms with van der Waals surface area (Å²) in [6.07, 6.45) is 1.77. The number of hydrogen-bond acceptors (Lipinski definition) is 4. The van der Waals surface area contributed by atoms with E-state index in [1.54, 1.807) is 10.6 Å². The van der Waals surface area contributed by atoms with Crippen molar-refractivity contribution in [1.29, 1.82) is 0 Å². The number of aromatic nitrogens is 2. The zero-order valence-corrected chi connectivity index (χ0v) is 17.0. The summed E-state index contributed by atoms with van der Waals surface area (Å²) in [7, 11) is 2.05. The summed E-state index contributed by atoms with van der Waals surface area (Å²) >= 11 is 0. The quantitative estimate of drug-likeness (QED) is 0.745. The van der Waals surface area contributed by atoms with Gasteiger partial charge in [0.1, 0.15) is 0 Å². The van der Waals surface area contributed by atoms with E-state index in [-0.39, 0.29) is 17.6 Å². The van der Waals surface area contributed by atoms with E-state index in [0.29, 0.717) is 24.3 Å². The van der Waals surface area contributed by atoms with Gasteiger partial charge in [-0.25, -0.2) is 4.98 Å². The molecule has 0 atom stereocenters. The fourth-order valence-electron chi connectivity index (χ4n) is 3.70. The van der Waals surface area contributed by atoms with Crippen LogP contribution in [-0.2, 0) is 0 Å². The lowest BCUT2D eigenvalue weighted by molar-refractivity contribution is 0.0661. The van der Waals surface area contributed by atoms with E-state index in [2.05, 4.69) is 15.2 Å². The number of carbonyl (C=O) groups is 2. The highest BCUT2D eigenvalue weighted by atomic mass is 16.2. The number of nitrogens with zero attached hydrogens (tertiary/aromatic N) is 4. The average molecular weight is 391 g/mol. The van der Waals surface area contributed by atoms with Crippen LogP contribution < -0.4 is 5.32 Å². The summed E-state index contributed by atoms with van der Waals surface area (Å²) in [6, 6.07) is 11.4. The summed E-state index contributed by atoms with van der Waals surface area (Å²) in [5.41, 5.74) is 3.70. The first kappa shape index (κ1) is 19.1. The second-order valence-electron chi connectivity index (χ2n) is 7.56. The number of hydrogen-bond donors (Lipinski definition) is 1. The molecule has 1 fully saturated rings. The molecule has 0 bridgehead atoms. The normalized spacial score (nSPS) is 14.9. The molecule has 3 aromatic rings. The van der Waals surface area contributed by atoms with Crippen LogP contribution in [0, 0.1) is 13.8 Å². The Morgan fingerprint density at radius 1 is 0.966 bits per heavy atom. The summed E-state index contributed by atoms with van der Waals surface area (Å²) in [5, 5.41) is 2.97. The zero-order valence-electron chi connectivity index (χ0n) is 17.0. The van der Waals surface area contributed by atoms with Crippen molar-refractivity contribution in [2.45, 2.75) is 13.8 Å². The Morgan fingerprint density at radius 2 is 1.66 bits per heavy atom. The van der Waals surface area contributed by atoms with Crippen LogP contribution in [0.15, 0.2) is 42.6 Å². The van der Waals surface area contributed by atoms with Crippen molar-refractivity contribution in [2.75, 3.05) is 38.5 Å². The smallest absolute Gasteiger partial charge is 0.292 e. The lowest BCUT2D eigenvalue weighted by Crippen LogP contribution is -2.47. The summed E-state index contributed by atoms with van der Waals surface area (Å²) in [5.74, 6) is -0.255. The Kier molecular flexibility index (Phi) is 5.07. The Bertz CT molecular complexity index is 1060. The third-order valence-electron chi connectivity index (χ3n) is 5.46. The molecule has 1 N–H and O–H groups in total. The first-order valence-electron chi connectivity index (χ1n) is 9.78. The fraction of sp³-hybridized carbons (Fsp3) is 0.318. The standard InChI is InChI=1S/C22H25N5O2/c1-15-7-6-8-16(2)18(15)24-21(28)20-23-19(17-9-4-5-10-27(17)20)22(29)26-13-11-25(3)12-14-26/h4-10H,11-14H2,1-3H3,(H,24,28). The number of likely N-dealkylation sites (N-methyl/N-ethyl adjacent to an activating group) is 1. The molecule has 29 heavy (non-hydrogen) atoms. The molecule has 1 aliphatic heterocycles. The molecule has 2 aromatic heterocycles. The molecule has 7 heteroatoms. The Hall–Kier alpha value is -3.19.